The topological polar surface area (TPSA) is 42.0 Å². The van der Waals surface area contributed by atoms with Crippen LogP contribution in [0.15, 0.2) is 30.3 Å². The number of thiophene rings is 1. The number of ether oxygens (including phenoxy) is 2. The van der Waals surface area contributed by atoms with E-state index >= 15 is 0 Å². The third-order valence-corrected chi connectivity index (χ3v) is 7.03. The summed E-state index contributed by atoms with van der Waals surface area (Å²) in [5, 5.41) is 1.01. The minimum Gasteiger partial charge on any atom is -0.497 e. The van der Waals surface area contributed by atoms with Crippen molar-refractivity contribution in [1.82, 2.24) is 9.80 Å². The van der Waals surface area contributed by atoms with Gasteiger partial charge in [0, 0.05) is 36.1 Å². The van der Waals surface area contributed by atoms with Gasteiger partial charge in [0.25, 0.3) is 5.91 Å². The van der Waals surface area contributed by atoms with Crippen LogP contribution in [0, 0.1) is 0 Å². The van der Waals surface area contributed by atoms with Crippen LogP contribution < -0.4 is 9.47 Å². The van der Waals surface area contributed by atoms with Crippen LogP contribution in [0.25, 0.3) is 0 Å². The second-order valence-electron chi connectivity index (χ2n) is 8.17. The number of amides is 1. The molecule has 0 radical (unpaired) electrons. The Hall–Kier alpha value is -2.05. The Morgan fingerprint density at radius 1 is 1.14 bits per heavy atom. The van der Waals surface area contributed by atoms with Gasteiger partial charge >= 0.3 is 0 Å². The summed E-state index contributed by atoms with van der Waals surface area (Å²) >= 11 is 1.71. The maximum absolute atomic E-state index is 12.9. The molecule has 0 unspecified atom stereocenters. The molecule has 0 aliphatic carbocycles. The summed E-state index contributed by atoms with van der Waals surface area (Å²) in [6, 6.07) is 10.2. The predicted octanol–water partition coefficient (Wildman–Crippen LogP) is 4.21. The molecule has 0 bridgehead atoms. The lowest BCUT2D eigenvalue weighted by atomic mass is 10.1. The van der Waals surface area contributed by atoms with Crippen LogP contribution in [0.1, 0.15) is 47.5 Å². The Balaban J connectivity index is 1.36. The number of benzene rings is 1. The quantitative estimate of drug-likeness (QED) is 0.735. The molecule has 0 N–H and O–H groups in total. The van der Waals surface area contributed by atoms with Crippen molar-refractivity contribution in [2.45, 2.75) is 51.8 Å². The lowest BCUT2D eigenvalue weighted by Gasteiger charge is -2.34. The van der Waals surface area contributed by atoms with Gasteiger partial charge < -0.3 is 19.3 Å². The number of likely N-dealkylation sites (tertiary alicyclic amines) is 1. The molecule has 1 aromatic heterocycles. The average molecular weight is 415 g/mol. The van der Waals surface area contributed by atoms with Crippen LogP contribution in [0.5, 0.6) is 10.8 Å². The highest BCUT2D eigenvalue weighted by Gasteiger charge is 2.26. The maximum Gasteiger partial charge on any atom is 0.254 e. The van der Waals surface area contributed by atoms with Gasteiger partial charge in [-0.2, -0.15) is 0 Å². The SMILES string of the molecule is COc1ccc(C(=O)N2CCc3cc(OC4CCN(C(C)C)CC4)sc3C2)cc1. The van der Waals surface area contributed by atoms with Crippen LogP contribution in [-0.4, -0.2) is 54.6 Å². The lowest BCUT2D eigenvalue weighted by Crippen LogP contribution is -2.41. The van der Waals surface area contributed by atoms with E-state index in [0.717, 1.165) is 49.7 Å². The van der Waals surface area contributed by atoms with E-state index in [1.165, 1.54) is 10.4 Å². The first-order valence-electron chi connectivity index (χ1n) is 10.5. The fourth-order valence-corrected chi connectivity index (χ4v) is 5.25. The minimum absolute atomic E-state index is 0.0789. The second kappa shape index (κ2) is 8.76. The Labute approximate surface area is 177 Å². The molecule has 0 saturated carbocycles. The van der Waals surface area contributed by atoms with Gasteiger partial charge in [-0.25, -0.2) is 0 Å². The largest absolute Gasteiger partial charge is 0.497 e. The molecule has 5 nitrogen and oxygen atoms in total. The highest BCUT2D eigenvalue weighted by atomic mass is 32.1. The molecule has 2 aromatic rings. The molecular formula is C23H30N2O3S. The van der Waals surface area contributed by atoms with E-state index in [1.54, 1.807) is 18.4 Å². The molecule has 1 saturated heterocycles. The lowest BCUT2D eigenvalue weighted by molar-refractivity contribution is 0.0737. The zero-order valence-corrected chi connectivity index (χ0v) is 18.3. The fourth-order valence-electron chi connectivity index (χ4n) is 4.11. The molecule has 1 fully saturated rings. The Bertz CT molecular complexity index is 838. The van der Waals surface area contributed by atoms with Crippen molar-refractivity contribution in [2.24, 2.45) is 0 Å². The summed E-state index contributed by atoms with van der Waals surface area (Å²) in [6.45, 7) is 8.15. The molecular weight excluding hydrogens is 384 g/mol. The van der Waals surface area contributed by atoms with E-state index in [-0.39, 0.29) is 5.91 Å². The second-order valence-corrected chi connectivity index (χ2v) is 9.27. The number of hydrogen-bond donors (Lipinski definition) is 0. The number of fused-ring (bicyclic) bond motifs is 1. The average Bonchev–Trinajstić information content (AvgIpc) is 3.15. The van der Waals surface area contributed by atoms with Crippen molar-refractivity contribution in [1.29, 1.82) is 0 Å². The van der Waals surface area contributed by atoms with Crippen molar-refractivity contribution < 1.29 is 14.3 Å². The van der Waals surface area contributed by atoms with Crippen LogP contribution in [-0.2, 0) is 13.0 Å². The first-order chi connectivity index (χ1) is 14.0. The minimum atomic E-state index is 0.0789. The predicted molar refractivity (Wildman–Crippen MR) is 116 cm³/mol. The van der Waals surface area contributed by atoms with Crippen LogP contribution in [0.2, 0.25) is 0 Å². The van der Waals surface area contributed by atoms with E-state index in [1.807, 2.05) is 29.2 Å². The fraction of sp³-hybridized carbons (Fsp3) is 0.522. The molecule has 3 heterocycles. The molecule has 29 heavy (non-hydrogen) atoms. The summed E-state index contributed by atoms with van der Waals surface area (Å²) in [4.78, 5) is 18.6. The number of nitrogens with zero attached hydrogens (tertiary/aromatic N) is 2. The third kappa shape index (κ3) is 4.59. The third-order valence-electron chi connectivity index (χ3n) is 5.97. The van der Waals surface area contributed by atoms with Crippen LogP contribution in [0.4, 0.5) is 0 Å². The van der Waals surface area contributed by atoms with Crippen LogP contribution in [0.3, 0.4) is 0 Å². The van der Waals surface area contributed by atoms with Gasteiger partial charge in [-0.05, 0) is 69.0 Å². The highest BCUT2D eigenvalue weighted by Crippen LogP contribution is 2.35. The van der Waals surface area contributed by atoms with Crippen molar-refractivity contribution in [3.05, 3.63) is 46.3 Å². The normalized spacial score (nSPS) is 18.0. The number of rotatable bonds is 5. The Morgan fingerprint density at radius 3 is 2.52 bits per heavy atom. The highest BCUT2D eigenvalue weighted by molar-refractivity contribution is 7.14. The summed E-state index contributed by atoms with van der Waals surface area (Å²) in [5.41, 5.74) is 2.04. The van der Waals surface area contributed by atoms with Gasteiger partial charge in [-0.1, -0.05) is 0 Å². The molecule has 0 atom stereocenters. The molecule has 2 aliphatic heterocycles. The van der Waals surface area contributed by atoms with E-state index in [0.29, 0.717) is 24.3 Å². The van der Waals surface area contributed by atoms with Crippen molar-refractivity contribution in [3.63, 3.8) is 0 Å². The van der Waals surface area contributed by atoms with Gasteiger partial charge in [-0.3, -0.25) is 4.79 Å². The first kappa shape index (κ1) is 20.2. The van der Waals surface area contributed by atoms with Gasteiger partial charge in [-0.15, -0.1) is 11.3 Å². The Morgan fingerprint density at radius 2 is 1.86 bits per heavy atom. The van der Waals surface area contributed by atoms with E-state index < -0.39 is 0 Å². The summed E-state index contributed by atoms with van der Waals surface area (Å²) in [6.07, 6.45) is 3.37. The summed E-state index contributed by atoms with van der Waals surface area (Å²) < 4.78 is 11.5. The maximum atomic E-state index is 12.9. The van der Waals surface area contributed by atoms with E-state index in [2.05, 4.69) is 24.8 Å². The zero-order chi connectivity index (χ0) is 20.4. The molecule has 6 heteroatoms. The van der Waals surface area contributed by atoms with Crippen molar-refractivity contribution in [2.75, 3.05) is 26.7 Å². The number of carbonyl (C=O) groups is 1. The van der Waals surface area contributed by atoms with Crippen molar-refractivity contribution >= 4 is 17.2 Å². The van der Waals surface area contributed by atoms with Gasteiger partial charge in [0.2, 0.25) is 0 Å². The summed E-state index contributed by atoms with van der Waals surface area (Å²) in [5.74, 6) is 0.844. The number of carbonyl (C=O) groups excluding carboxylic acids is 1. The molecule has 2 aliphatic rings. The number of piperidine rings is 1. The number of methoxy groups -OCH3 is 1. The summed E-state index contributed by atoms with van der Waals surface area (Å²) in [7, 11) is 1.63. The molecule has 4 rings (SSSR count). The van der Waals surface area contributed by atoms with E-state index in [9.17, 15) is 4.79 Å². The monoisotopic (exact) mass is 414 g/mol. The first-order valence-corrected chi connectivity index (χ1v) is 11.3. The number of hydrogen-bond acceptors (Lipinski definition) is 5. The van der Waals surface area contributed by atoms with Crippen LogP contribution >= 0.6 is 11.3 Å². The molecule has 156 valence electrons. The standard InChI is InChI=1S/C23H30N2O3S/c1-16(2)24-12-9-20(10-13-24)28-22-14-18-8-11-25(15-21(18)29-22)23(26)17-4-6-19(27-3)7-5-17/h4-7,14,16,20H,8-13,15H2,1-3H3. The smallest absolute Gasteiger partial charge is 0.254 e. The van der Waals surface area contributed by atoms with Crippen molar-refractivity contribution in [3.8, 4) is 10.8 Å². The van der Waals surface area contributed by atoms with E-state index in [4.69, 9.17) is 9.47 Å². The zero-order valence-electron chi connectivity index (χ0n) is 17.5. The van der Waals surface area contributed by atoms with Gasteiger partial charge in [0.15, 0.2) is 5.06 Å². The molecule has 1 amide bonds. The van der Waals surface area contributed by atoms with Gasteiger partial charge in [0.05, 0.1) is 13.7 Å². The Kier molecular flexibility index (Phi) is 6.11. The molecule has 1 aromatic carbocycles. The molecule has 0 spiro atoms. The van der Waals surface area contributed by atoms with Gasteiger partial charge in [0.1, 0.15) is 11.9 Å².